The minimum absolute atomic E-state index is 0.0890. The molecular weight excluding hydrogens is 260 g/mol. The summed E-state index contributed by atoms with van der Waals surface area (Å²) in [4.78, 5) is 14.6. The van der Waals surface area contributed by atoms with Crippen molar-refractivity contribution in [2.75, 3.05) is 6.54 Å². The molecule has 1 fully saturated rings. The Bertz CT molecular complexity index is 518. The highest BCUT2D eigenvalue weighted by molar-refractivity contribution is 5.83. The van der Waals surface area contributed by atoms with Crippen LogP contribution in [0.5, 0.6) is 0 Å². The molecule has 21 heavy (non-hydrogen) atoms. The summed E-state index contributed by atoms with van der Waals surface area (Å²) in [6, 6.07) is 8.30. The SMILES string of the molecule is Cc1ccccc1C1CC(C)N(C(=O)[C@@H](N)C(C)(C)C)C1. The molecule has 116 valence electrons. The molecule has 0 bridgehead atoms. The third-order valence-electron chi connectivity index (χ3n) is 4.69. The summed E-state index contributed by atoms with van der Waals surface area (Å²) in [7, 11) is 0. The van der Waals surface area contributed by atoms with Crippen LogP contribution in [0.25, 0.3) is 0 Å². The normalized spacial score (nSPS) is 24.2. The van der Waals surface area contributed by atoms with E-state index in [4.69, 9.17) is 5.73 Å². The van der Waals surface area contributed by atoms with Crippen LogP contribution in [0.2, 0.25) is 0 Å². The highest BCUT2D eigenvalue weighted by atomic mass is 16.2. The van der Waals surface area contributed by atoms with Crippen molar-refractivity contribution in [1.29, 1.82) is 0 Å². The third kappa shape index (κ3) is 3.29. The molecule has 3 atom stereocenters. The average Bonchev–Trinajstić information content (AvgIpc) is 2.78. The lowest BCUT2D eigenvalue weighted by Gasteiger charge is -2.32. The Hall–Kier alpha value is -1.35. The molecule has 3 nitrogen and oxygen atoms in total. The number of nitrogens with zero attached hydrogens (tertiary/aromatic N) is 1. The molecule has 1 aromatic carbocycles. The van der Waals surface area contributed by atoms with Gasteiger partial charge in [0, 0.05) is 18.5 Å². The number of hydrogen-bond donors (Lipinski definition) is 1. The van der Waals surface area contributed by atoms with Crippen LogP contribution >= 0.6 is 0 Å². The van der Waals surface area contributed by atoms with Crippen molar-refractivity contribution in [3.63, 3.8) is 0 Å². The van der Waals surface area contributed by atoms with Crippen LogP contribution in [0.1, 0.15) is 51.2 Å². The number of rotatable bonds is 2. The van der Waals surface area contributed by atoms with E-state index in [1.54, 1.807) is 0 Å². The van der Waals surface area contributed by atoms with Gasteiger partial charge in [0.15, 0.2) is 0 Å². The van der Waals surface area contributed by atoms with E-state index in [0.29, 0.717) is 5.92 Å². The zero-order chi connectivity index (χ0) is 15.8. The fraction of sp³-hybridized carbons (Fsp3) is 0.611. The second kappa shape index (κ2) is 5.80. The number of carbonyl (C=O) groups excluding carboxylic acids is 1. The van der Waals surface area contributed by atoms with Gasteiger partial charge in [-0.15, -0.1) is 0 Å². The van der Waals surface area contributed by atoms with E-state index in [0.717, 1.165) is 13.0 Å². The minimum atomic E-state index is -0.435. The van der Waals surface area contributed by atoms with Crippen LogP contribution in [0.15, 0.2) is 24.3 Å². The van der Waals surface area contributed by atoms with E-state index < -0.39 is 6.04 Å². The lowest BCUT2D eigenvalue weighted by atomic mass is 9.86. The summed E-state index contributed by atoms with van der Waals surface area (Å²) in [6.07, 6.45) is 1.02. The highest BCUT2D eigenvalue weighted by Crippen LogP contribution is 2.34. The number of likely N-dealkylation sites (tertiary alicyclic amines) is 1. The number of amides is 1. The average molecular weight is 288 g/mol. The molecule has 2 N–H and O–H groups in total. The lowest BCUT2D eigenvalue weighted by Crippen LogP contribution is -2.51. The quantitative estimate of drug-likeness (QED) is 0.909. The van der Waals surface area contributed by atoms with Gasteiger partial charge in [-0.3, -0.25) is 4.79 Å². The Balaban J connectivity index is 2.15. The molecule has 3 heteroatoms. The van der Waals surface area contributed by atoms with Gasteiger partial charge in [0.05, 0.1) is 6.04 Å². The molecule has 1 amide bonds. The van der Waals surface area contributed by atoms with Gasteiger partial charge in [-0.2, -0.15) is 0 Å². The Morgan fingerprint density at radius 1 is 1.33 bits per heavy atom. The zero-order valence-electron chi connectivity index (χ0n) is 13.9. The molecule has 0 saturated carbocycles. The number of carbonyl (C=O) groups is 1. The van der Waals surface area contributed by atoms with Crippen LogP contribution in [-0.4, -0.2) is 29.4 Å². The molecule has 1 heterocycles. The van der Waals surface area contributed by atoms with Crippen molar-refractivity contribution in [2.24, 2.45) is 11.1 Å². The van der Waals surface area contributed by atoms with E-state index in [9.17, 15) is 4.79 Å². The fourth-order valence-electron chi connectivity index (χ4n) is 3.16. The largest absolute Gasteiger partial charge is 0.338 e. The summed E-state index contributed by atoms with van der Waals surface area (Å²) in [5.74, 6) is 0.517. The van der Waals surface area contributed by atoms with Crippen LogP contribution < -0.4 is 5.73 Å². The van der Waals surface area contributed by atoms with Crippen molar-refractivity contribution < 1.29 is 4.79 Å². The maximum atomic E-state index is 12.7. The van der Waals surface area contributed by atoms with Crippen molar-refractivity contribution in [2.45, 2.75) is 59.0 Å². The summed E-state index contributed by atoms with van der Waals surface area (Å²) in [6.45, 7) is 11.1. The van der Waals surface area contributed by atoms with Gasteiger partial charge in [-0.25, -0.2) is 0 Å². The number of aryl methyl sites for hydroxylation is 1. The summed E-state index contributed by atoms with van der Waals surface area (Å²) < 4.78 is 0. The Morgan fingerprint density at radius 3 is 2.52 bits per heavy atom. The van der Waals surface area contributed by atoms with Gasteiger partial charge in [0.1, 0.15) is 0 Å². The predicted molar refractivity (Wildman–Crippen MR) is 87.1 cm³/mol. The minimum Gasteiger partial charge on any atom is -0.338 e. The first-order chi connectivity index (χ1) is 9.71. The van der Waals surface area contributed by atoms with Crippen LogP contribution in [0.4, 0.5) is 0 Å². The first-order valence-electron chi connectivity index (χ1n) is 7.83. The standard InChI is InChI=1S/C18H28N2O/c1-12-8-6-7-9-15(12)14-10-13(2)20(11-14)17(21)16(19)18(3,4)5/h6-9,13-14,16H,10-11,19H2,1-5H3/t13?,14?,16-/m1/s1. The van der Waals surface area contributed by atoms with Crippen molar-refractivity contribution in [3.8, 4) is 0 Å². The van der Waals surface area contributed by atoms with E-state index in [2.05, 4.69) is 38.1 Å². The molecule has 0 aromatic heterocycles. The first-order valence-corrected chi connectivity index (χ1v) is 7.83. The third-order valence-corrected chi connectivity index (χ3v) is 4.69. The van der Waals surface area contributed by atoms with Crippen LogP contribution in [0, 0.1) is 12.3 Å². The first kappa shape index (κ1) is 16.0. The molecular formula is C18H28N2O. The van der Waals surface area contributed by atoms with Crippen molar-refractivity contribution >= 4 is 5.91 Å². The Labute approximate surface area is 128 Å². The Kier molecular flexibility index (Phi) is 4.43. The second-order valence-corrected chi connectivity index (χ2v) is 7.47. The smallest absolute Gasteiger partial charge is 0.240 e. The molecule has 0 aliphatic carbocycles. The number of nitrogens with two attached hydrogens (primary N) is 1. The van der Waals surface area contributed by atoms with Crippen LogP contribution in [0.3, 0.4) is 0 Å². The molecule has 0 spiro atoms. The van der Waals surface area contributed by atoms with Gasteiger partial charge in [-0.1, -0.05) is 45.0 Å². The highest BCUT2D eigenvalue weighted by Gasteiger charge is 2.38. The molecule has 1 aromatic rings. The monoisotopic (exact) mass is 288 g/mol. The van der Waals surface area contributed by atoms with E-state index in [1.165, 1.54) is 11.1 Å². The van der Waals surface area contributed by atoms with Gasteiger partial charge < -0.3 is 10.6 Å². The van der Waals surface area contributed by atoms with Gasteiger partial charge in [0.2, 0.25) is 5.91 Å². The van der Waals surface area contributed by atoms with Crippen LogP contribution in [-0.2, 0) is 4.79 Å². The zero-order valence-corrected chi connectivity index (χ0v) is 13.9. The van der Waals surface area contributed by atoms with Crippen molar-refractivity contribution in [1.82, 2.24) is 4.90 Å². The van der Waals surface area contributed by atoms with Gasteiger partial charge >= 0.3 is 0 Å². The molecule has 2 unspecified atom stereocenters. The summed E-state index contributed by atoms with van der Waals surface area (Å²) in [5, 5.41) is 0. The lowest BCUT2D eigenvalue weighted by molar-refractivity contribution is -0.135. The molecule has 1 aliphatic heterocycles. The summed E-state index contributed by atoms with van der Waals surface area (Å²) in [5.41, 5.74) is 8.64. The van der Waals surface area contributed by atoms with E-state index >= 15 is 0 Å². The topological polar surface area (TPSA) is 46.3 Å². The Morgan fingerprint density at radius 2 is 1.95 bits per heavy atom. The second-order valence-electron chi connectivity index (χ2n) is 7.47. The summed E-state index contributed by atoms with van der Waals surface area (Å²) >= 11 is 0. The molecule has 1 aliphatic rings. The van der Waals surface area contributed by atoms with E-state index in [-0.39, 0.29) is 17.4 Å². The molecule has 2 rings (SSSR count). The van der Waals surface area contributed by atoms with Crippen molar-refractivity contribution in [3.05, 3.63) is 35.4 Å². The van der Waals surface area contributed by atoms with E-state index in [1.807, 2.05) is 25.7 Å². The molecule has 1 saturated heterocycles. The molecule has 0 radical (unpaired) electrons. The maximum Gasteiger partial charge on any atom is 0.240 e. The maximum absolute atomic E-state index is 12.7. The van der Waals surface area contributed by atoms with Gasteiger partial charge in [0.25, 0.3) is 0 Å². The number of hydrogen-bond acceptors (Lipinski definition) is 2. The number of benzene rings is 1. The fourth-order valence-corrected chi connectivity index (χ4v) is 3.16. The van der Waals surface area contributed by atoms with Gasteiger partial charge in [-0.05, 0) is 36.8 Å². The predicted octanol–water partition coefficient (Wildman–Crippen LogP) is 3.07.